The van der Waals surface area contributed by atoms with Gasteiger partial charge in [0.05, 0.1) is 10.9 Å². The van der Waals surface area contributed by atoms with E-state index in [0.717, 1.165) is 4.90 Å². The van der Waals surface area contributed by atoms with E-state index in [1.54, 1.807) is 25.0 Å². The summed E-state index contributed by atoms with van der Waals surface area (Å²) in [5.41, 5.74) is 5.71. The largest absolute Gasteiger partial charge is 0.319 e. The van der Waals surface area contributed by atoms with E-state index in [1.165, 1.54) is 4.90 Å². The number of nitrogens with two attached hydrogens (primary N) is 1. The van der Waals surface area contributed by atoms with Crippen molar-refractivity contribution < 1.29 is 4.79 Å². The summed E-state index contributed by atoms with van der Waals surface area (Å²) in [5, 5.41) is 0. The third-order valence-corrected chi connectivity index (χ3v) is 3.29. The lowest BCUT2D eigenvalue weighted by atomic mass is 10.3. The van der Waals surface area contributed by atoms with Gasteiger partial charge in [0.15, 0.2) is 0 Å². The standard InChI is InChI=1S/C9H11N3OS/c1-12-8-7(3-2-4-11-8)14-5-6(10)9(12)13/h2-4,6H,5,10H2,1H3/t6-/m0/s1. The van der Waals surface area contributed by atoms with Crippen molar-refractivity contribution in [2.75, 3.05) is 17.7 Å². The van der Waals surface area contributed by atoms with Gasteiger partial charge in [-0.2, -0.15) is 0 Å². The zero-order valence-electron chi connectivity index (χ0n) is 7.80. The molecule has 14 heavy (non-hydrogen) atoms. The molecule has 0 saturated carbocycles. The van der Waals surface area contributed by atoms with Gasteiger partial charge in [0, 0.05) is 19.0 Å². The first-order valence-corrected chi connectivity index (χ1v) is 5.29. The molecule has 1 aliphatic rings. The molecule has 74 valence electrons. The minimum atomic E-state index is -0.431. The van der Waals surface area contributed by atoms with Crippen LogP contribution in [0.25, 0.3) is 0 Å². The van der Waals surface area contributed by atoms with Crippen LogP contribution in [-0.4, -0.2) is 29.7 Å². The summed E-state index contributed by atoms with van der Waals surface area (Å²) in [5.74, 6) is 1.24. The minimum Gasteiger partial charge on any atom is -0.319 e. The molecule has 2 N–H and O–H groups in total. The molecule has 1 aromatic rings. The van der Waals surface area contributed by atoms with Gasteiger partial charge in [0.25, 0.3) is 0 Å². The van der Waals surface area contributed by atoms with Gasteiger partial charge in [-0.15, -0.1) is 11.8 Å². The van der Waals surface area contributed by atoms with Crippen molar-refractivity contribution in [3.8, 4) is 0 Å². The summed E-state index contributed by atoms with van der Waals surface area (Å²) < 4.78 is 0. The van der Waals surface area contributed by atoms with Gasteiger partial charge in [-0.1, -0.05) is 0 Å². The minimum absolute atomic E-state index is 0.0741. The fourth-order valence-electron chi connectivity index (χ4n) is 1.35. The first-order valence-electron chi connectivity index (χ1n) is 4.31. The Morgan fingerprint density at radius 3 is 3.29 bits per heavy atom. The summed E-state index contributed by atoms with van der Waals surface area (Å²) in [6, 6.07) is 3.38. The van der Waals surface area contributed by atoms with Crippen LogP contribution in [0.1, 0.15) is 0 Å². The molecule has 1 aliphatic heterocycles. The fourth-order valence-corrected chi connectivity index (χ4v) is 2.35. The van der Waals surface area contributed by atoms with E-state index < -0.39 is 6.04 Å². The number of amides is 1. The average molecular weight is 209 g/mol. The molecule has 2 heterocycles. The molecule has 0 saturated heterocycles. The van der Waals surface area contributed by atoms with Crippen molar-refractivity contribution in [3.05, 3.63) is 18.3 Å². The van der Waals surface area contributed by atoms with E-state index in [9.17, 15) is 4.79 Å². The first-order chi connectivity index (χ1) is 6.70. The third-order valence-electron chi connectivity index (χ3n) is 2.13. The Morgan fingerprint density at radius 2 is 2.50 bits per heavy atom. The monoisotopic (exact) mass is 209 g/mol. The second-order valence-corrected chi connectivity index (χ2v) is 4.20. The lowest BCUT2D eigenvalue weighted by molar-refractivity contribution is -0.119. The number of hydrogen-bond donors (Lipinski definition) is 1. The molecule has 5 heteroatoms. The highest BCUT2D eigenvalue weighted by molar-refractivity contribution is 7.99. The van der Waals surface area contributed by atoms with E-state index in [4.69, 9.17) is 5.73 Å². The number of likely N-dealkylation sites (N-methyl/N-ethyl adjacent to an activating group) is 1. The Morgan fingerprint density at radius 1 is 1.71 bits per heavy atom. The summed E-state index contributed by atoms with van der Waals surface area (Å²) in [6.07, 6.45) is 1.68. The van der Waals surface area contributed by atoms with Crippen molar-refractivity contribution in [1.29, 1.82) is 0 Å². The van der Waals surface area contributed by atoms with Crippen LogP contribution in [-0.2, 0) is 4.79 Å². The number of thioether (sulfide) groups is 1. The van der Waals surface area contributed by atoms with Crippen molar-refractivity contribution >= 4 is 23.5 Å². The quantitative estimate of drug-likeness (QED) is 0.675. The molecular weight excluding hydrogens is 198 g/mol. The van der Waals surface area contributed by atoms with Gasteiger partial charge in [0.1, 0.15) is 5.82 Å². The molecule has 0 bridgehead atoms. The summed E-state index contributed by atoms with van der Waals surface area (Å²) in [4.78, 5) is 18.4. The molecule has 0 aliphatic carbocycles. The molecule has 0 aromatic carbocycles. The average Bonchev–Trinajstić information content (AvgIpc) is 2.32. The summed E-state index contributed by atoms with van der Waals surface area (Å²) in [7, 11) is 1.71. The Labute approximate surface area is 86.5 Å². The van der Waals surface area contributed by atoms with Crippen LogP contribution in [0, 0.1) is 0 Å². The highest BCUT2D eigenvalue weighted by atomic mass is 32.2. The highest BCUT2D eigenvalue weighted by Crippen LogP contribution is 2.30. The van der Waals surface area contributed by atoms with Gasteiger partial charge < -0.3 is 5.73 Å². The molecule has 1 aromatic heterocycles. The van der Waals surface area contributed by atoms with Crippen LogP contribution >= 0.6 is 11.8 Å². The second-order valence-electron chi connectivity index (χ2n) is 3.14. The number of pyridine rings is 1. The van der Waals surface area contributed by atoms with Gasteiger partial charge in [-0.3, -0.25) is 9.69 Å². The zero-order valence-corrected chi connectivity index (χ0v) is 8.62. The van der Waals surface area contributed by atoms with Crippen molar-refractivity contribution in [2.24, 2.45) is 5.73 Å². The number of carbonyl (C=O) groups is 1. The van der Waals surface area contributed by atoms with E-state index in [1.807, 2.05) is 12.1 Å². The molecule has 1 atom stereocenters. The molecule has 4 nitrogen and oxygen atoms in total. The first kappa shape index (κ1) is 9.48. The number of nitrogens with zero attached hydrogens (tertiary/aromatic N) is 2. The number of rotatable bonds is 0. The Bertz CT molecular complexity index is 369. The van der Waals surface area contributed by atoms with Gasteiger partial charge in [-0.05, 0) is 12.1 Å². The van der Waals surface area contributed by atoms with E-state index in [0.29, 0.717) is 11.6 Å². The lowest BCUT2D eigenvalue weighted by Gasteiger charge is -2.16. The van der Waals surface area contributed by atoms with Gasteiger partial charge in [0.2, 0.25) is 5.91 Å². The summed E-state index contributed by atoms with van der Waals surface area (Å²) in [6.45, 7) is 0. The molecule has 0 unspecified atom stereocenters. The zero-order chi connectivity index (χ0) is 10.1. The molecule has 2 rings (SSSR count). The molecule has 0 fully saturated rings. The van der Waals surface area contributed by atoms with Crippen LogP contribution in [0.5, 0.6) is 0 Å². The predicted octanol–water partition coefficient (Wildman–Crippen LogP) is 0.477. The van der Waals surface area contributed by atoms with E-state index in [2.05, 4.69) is 4.98 Å². The number of anilines is 1. The van der Waals surface area contributed by atoms with Crippen LogP contribution in [0.2, 0.25) is 0 Å². The topological polar surface area (TPSA) is 59.2 Å². The fraction of sp³-hybridized carbons (Fsp3) is 0.333. The number of fused-ring (bicyclic) bond motifs is 1. The van der Waals surface area contributed by atoms with Crippen LogP contribution in [0.4, 0.5) is 5.82 Å². The SMILES string of the molecule is CN1C(=O)[C@@H](N)CSc2cccnc21. The normalized spacial score (nSPS) is 21.7. The van der Waals surface area contributed by atoms with E-state index in [-0.39, 0.29) is 5.91 Å². The predicted molar refractivity (Wildman–Crippen MR) is 56.3 cm³/mol. The smallest absolute Gasteiger partial charge is 0.245 e. The van der Waals surface area contributed by atoms with Gasteiger partial charge >= 0.3 is 0 Å². The van der Waals surface area contributed by atoms with Crippen molar-refractivity contribution in [2.45, 2.75) is 10.9 Å². The van der Waals surface area contributed by atoms with E-state index >= 15 is 0 Å². The number of hydrogen-bond acceptors (Lipinski definition) is 4. The lowest BCUT2D eigenvalue weighted by Crippen LogP contribution is -2.42. The Kier molecular flexibility index (Phi) is 2.43. The number of aromatic nitrogens is 1. The molecule has 0 spiro atoms. The Hall–Kier alpha value is -1.07. The van der Waals surface area contributed by atoms with Crippen molar-refractivity contribution in [1.82, 2.24) is 4.98 Å². The second kappa shape index (κ2) is 3.59. The molecule has 1 amide bonds. The maximum atomic E-state index is 11.7. The number of carbonyl (C=O) groups excluding carboxylic acids is 1. The molecule has 0 radical (unpaired) electrons. The van der Waals surface area contributed by atoms with Crippen LogP contribution < -0.4 is 10.6 Å². The van der Waals surface area contributed by atoms with Crippen LogP contribution in [0.3, 0.4) is 0 Å². The maximum absolute atomic E-state index is 11.7. The highest BCUT2D eigenvalue weighted by Gasteiger charge is 2.26. The Balaban J connectivity index is 2.45. The third kappa shape index (κ3) is 1.49. The molecular formula is C9H11N3OS. The van der Waals surface area contributed by atoms with Crippen molar-refractivity contribution in [3.63, 3.8) is 0 Å². The maximum Gasteiger partial charge on any atom is 0.245 e. The van der Waals surface area contributed by atoms with Gasteiger partial charge in [-0.25, -0.2) is 4.98 Å². The van der Waals surface area contributed by atoms with Crippen LogP contribution in [0.15, 0.2) is 23.2 Å². The summed E-state index contributed by atoms with van der Waals surface area (Å²) >= 11 is 1.58.